The maximum absolute atomic E-state index is 13.7. The molecule has 1 atom stereocenters. The van der Waals surface area contributed by atoms with E-state index in [4.69, 9.17) is 5.73 Å². The summed E-state index contributed by atoms with van der Waals surface area (Å²) < 4.78 is 52.6. The molecule has 0 aliphatic carbocycles. The van der Waals surface area contributed by atoms with E-state index in [0.717, 1.165) is 12.1 Å². The lowest BCUT2D eigenvalue weighted by molar-refractivity contribution is 0.535. The predicted molar refractivity (Wildman–Crippen MR) is 72.0 cm³/mol. The third kappa shape index (κ3) is 3.01. The van der Waals surface area contributed by atoms with Gasteiger partial charge in [0.15, 0.2) is 0 Å². The highest BCUT2D eigenvalue weighted by Crippen LogP contribution is 2.23. The minimum atomic E-state index is -1.96. The van der Waals surface area contributed by atoms with Gasteiger partial charge in [0.05, 0.1) is 16.6 Å². The Morgan fingerprint density at radius 1 is 1.10 bits per heavy atom. The first kappa shape index (κ1) is 14.6. The van der Waals surface area contributed by atoms with Crippen LogP contribution in [0.4, 0.5) is 18.9 Å². The van der Waals surface area contributed by atoms with E-state index in [0.29, 0.717) is 11.1 Å². The minimum Gasteiger partial charge on any atom is -0.399 e. The Balaban J connectivity index is 2.36. The quantitative estimate of drug-likeness (QED) is 0.884. The van der Waals surface area contributed by atoms with Gasteiger partial charge < -0.3 is 5.73 Å². The van der Waals surface area contributed by atoms with Gasteiger partial charge in [-0.25, -0.2) is 13.2 Å². The van der Waals surface area contributed by atoms with Crippen LogP contribution < -0.4 is 5.73 Å². The number of hydrogen-bond donors (Lipinski definition) is 1. The predicted octanol–water partition coefficient (Wildman–Crippen LogP) is 3.30. The van der Waals surface area contributed by atoms with Crippen LogP contribution in [0, 0.1) is 24.4 Å². The van der Waals surface area contributed by atoms with Gasteiger partial charge in [0.2, 0.25) is 0 Å². The van der Waals surface area contributed by atoms with Crippen LogP contribution in [0.1, 0.15) is 11.1 Å². The summed E-state index contributed by atoms with van der Waals surface area (Å²) in [5.74, 6) is -2.58. The van der Waals surface area contributed by atoms with Gasteiger partial charge in [0.1, 0.15) is 22.3 Å². The Morgan fingerprint density at radius 2 is 1.70 bits per heavy atom. The van der Waals surface area contributed by atoms with Crippen molar-refractivity contribution in [3.63, 3.8) is 0 Å². The Bertz CT molecular complexity index is 665. The third-order valence-corrected chi connectivity index (χ3v) is 4.26. The molecule has 2 nitrogen and oxygen atoms in total. The van der Waals surface area contributed by atoms with Crippen molar-refractivity contribution >= 4 is 16.5 Å². The molecule has 0 saturated carbocycles. The fraction of sp³-hybridized carbons (Fsp3) is 0.143. The van der Waals surface area contributed by atoms with Crippen LogP contribution in [0.25, 0.3) is 0 Å². The van der Waals surface area contributed by atoms with Gasteiger partial charge in [-0.05, 0) is 42.3 Å². The second kappa shape index (κ2) is 5.66. The zero-order valence-corrected chi connectivity index (χ0v) is 11.4. The van der Waals surface area contributed by atoms with Crippen LogP contribution in [0.2, 0.25) is 0 Å². The summed E-state index contributed by atoms with van der Waals surface area (Å²) in [7, 11) is -1.96. The van der Waals surface area contributed by atoms with Gasteiger partial charge in [-0.3, -0.25) is 4.21 Å². The van der Waals surface area contributed by atoms with Gasteiger partial charge in [-0.2, -0.15) is 0 Å². The first-order valence-electron chi connectivity index (χ1n) is 5.76. The smallest absolute Gasteiger partial charge is 0.144 e. The topological polar surface area (TPSA) is 43.1 Å². The van der Waals surface area contributed by atoms with Crippen molar-refractivity contribution in [2.75, 3.05) is 5.73 Å². The van der Waals surface area contributed by atoms with Crippen molar-refractivity contribution in [3.8, 4) is 0 Å². The van der Waals surface area contributed by atoms with Gasteiger partial charge >= 0.3 is 0 Å². The molecule has 0 aliphatic heterocycles. The van der Waals surface area contributed by atoms with E-state index in [2.05, 4.69) is 0 Å². The van der Waals surface area contributed by atoms with E-state index in [1.165, 1.54) is 18.2 Å². The fourth-order valence-corrected chi connectivity index (χ4v) is 3.10. The highest BCUT2D eigenvalue weighted by Gasteiger charge is 2.18. The molecule has 2 aromatic carbocycles. The summed E-state index contributed by atoms with van der Waals surface area (Å²) in [6.07, 6.45) is 0. The molecule has 0 fully saturated rings. The maximum atomic E-state index is 13.7. The average Bonchev–Trinajstić information content (AvgIpc) is 2.32. The van der Waals surface area contributed by atoms with Crippen molar-refractivity contribution in [1.29, 1.82) is 0 Å². The number of anilines is 1. The van der Waals surface area contributed by atoms with Crippen LogP contribution in [-0.2, 0) is 16.6 Å². The molecule has 20 heavy (non-hydrogen) atoms. The number of nitrogens with two attached hydrogens (primary N) is 1. The van der Waals surface area contributed by atoms with Crippen molar-refractivity contribution in [2.45, 2.75) is 17.6 Å². The van der Waals surface area contributed by atoms with Crippen molar-refractivity contribution in [2.24, 2.45) is 0 Å². The Kier molecular flexibility index (Phi) is 4.13. The number of halogens is 3. The molecule has 0 aliphatic rings. The second-order valence-electron chi connectivity index (χ2n) is 4.37. The van der Waals surface area contributed by atoms with E-state index >= 15 is 0 Å². The molecule has 0 saturated heterocycles. The Hall–Kier alpha value is -1.82. The van der Waals surface area contributed by atoms with E-state index in [9.17, 15) is 17.4 Å². The molecule has 2 aromatic rings. The molecule has 2 N–H and O–H groups in total. The monoisotopic (exact) mass is 299 g/mol. The lowest BCUT2D eigenvalue weighted by atomic mass is 10.1. The summed E-state index contributed by atoms with van der Waals surface area (Å²) in [5.41, 5.74) is 6.36. The molecule has 106 valence electrons. The summed E-state index contributed by atoms with van der Waals surface area (Å²) in [6, 6.07) is 5.83. The molecule has 0 heterocycles. The fourth-order valence-electron chi connectivity index (χ4n) is 1.81. The van der Waals surface area contributed by atoms with Gasteiger partial charge in [-0.15, -0.1) is 0 Å². The number of aryl methyl sites for hydroxylation is 1. The normalized spacial score (nSPS) is 12.4. The van der Waals surface area contributed by atoms with Crippen LogP contribution >= 0.6 is 0 Å². The zero-order chi connectivity index (χ0) is 14.9. The highest BCUT2D eigenvalue weighted by atomic mass is 32.2. The van der Waals surface area contributed by atoms with Crippen LogP contribution in [0.5, 0.6) is 0 Å². The summed E-state index contributed by atoms with van der Waals surface area (Å²) in [4.78, 5) is -0.539. The lowest BCUT2D eigenvalue weighted by Gasteiger charge is -2.08. The number of nitrogen functional groups attached to an aromatic ring is 1. The van der Waals surface area contributed by atoms with E-state index in [1.807, 2.05) is 0 Å². The largest absolute Gasteiger partial charge is 0.399 e. The van der Waals surface area contributed by atoms with Crippen LogP contribution in [-0.4, -0.2) is 4.21 Å². The van der Waals surface area contributed by atoms with Gasteiger partial charge in [-0.1, -0.05) is 6.07 Å². The standard InChI is InChI=1S/C14H12F3NOS/c1-8-2-3-10(15)4-9(8)7-20(19)14-12(16)5-11(18)6-13(14)17/h2-6H,7,18H2,1H3. The molecule has 2 rings (SSSR count). The van der Waals surface area contributed by atoms with Crippen LogP contribution in [0.3, 0.4) is 0 Å². The van der Waals surface area contributed by atoms with Crippen molar-refractivity contribution in [1.82, 2.24) is 0 Å². The molecule has 0 spiro atoms. The first-order valence-corrected chi connectivity index (χ1v) is 7.08. The molecular weight excluding hydrogens is 287 g/mol. The van der Waals surface area contributed by atoms with Gasteiger partial charge in [0, 0.05) is 5.69 Å². The Morgan fingerprint density at radius 3 is 2.30 bits per heavy atom. The molecule has 6 heteroatoms. The molecule has 0 amide bonds. The minimum absolute atomic E-state index is 0.0808. The third-order valence-electron chi connectivity index (χ3n) is 2.85. The SMILES string of the molecule is Cc1ccc(F)cc1CS(=O)c1c(F)cc(N)cc1F. The number of benzene rings is 2. The first-order chi connectivity index (χ1) is 9.38. The molecular formula is C14H12F3NOS. The van der Waals surface area contributed by atoms with Crippen LogP contribution in [0.15, 0.2) is 35.2 Å². The second-order valence-corrected chi connectivity index (χ2v) is 5.76. The molecule has 0 bridgehead atoms. The van der Waals surface area contributed by atoms with E-state index in [-0.39, 0.29) is 11.4 Å². The van der Waals surface area contributed by atoms with Crippen molar-refractivity contribution < 1.29 is 17.4 Å². The van der Waals surface area contributed by atoms with E-state index in [1.54, 1.807) is 6.92 Å². The van der Waals surface area contributed by atoms with Crippen molar-refractivity contribution in [3.05, 3.63) is 58.9 Å². The lowest BCUT2D eigenvalue weighted by Crippen LogP contribution is -2.05. The number of hydrogen-bond acceptors (Lipinski definition) is 2. The Labute approximate surface area is 116 Å². The number of rotatable bonds is 3. The zero-order valence-electron chi connectivity index (χ0n) is 10.6. The summed E-state index contributed by atoms with van der Waals surface area (Å²) >= 11 is 0. The van der Waals surface area contributed by atoms with E-state index < -0.39 is 33.1 Å². The summed E-state index contributed by atoms with van der Waals surface area (Å²) in [5, 5.41) is 0. The molecule has 0 aromatic heterocycles. The highest BCUT2D eigenvalue weighted by molar-refractivity contribution is 7.84. The van der Waals surface area contributed by atoms with Gasteiger partial charge in [0.25, 0.3) is 0 Å². The average molecular weight is 299 g/mol. The molecule has 0 radical (unpaired) electrons. The summed E-state index contributed by atoms with van der Waals surface area (Å²) in [6.45, 7) is 1.71. The molecule has 1 unspecified atom stereocenters. The maximum Gasteiger partial charge on any atom is 0.144 e.